The molecule has 1 aliphatic heterocycles. The summed E-state index contributed by atoms with van der Waals surface area (Å²) in [5, 5.41) is 28.9. The summed E-state index contributed by atoms with van der Waals surface area (Å²) < 4.78 is 13.4. The molecule has 0 unspecified atom stereocenters. The van der Waals surface area contributed by atoms with Crippen molar-refractivity contribution in [2.45, 2.75) is 6.92 Å². The van der Waals surface area contributed by atoms with Gasteiger partial charge in [0, 0.05) is 0 Å². The van der Waals surface area contributed by atoms with Crippen LogP contribution in [0.3, 0.4) is 0 Å². The van der Waals surface area contributed by atoms with E-state index in [0.717, 1.165) is 5.56 Å². The number of benzene rings is 2. The van der Waals surface area contributed by atoms with Gasteiger partial charge in [-0.25, -0.2) is 9.37 Å². The van der Waals surface area contributed by atoms with Gasteiger partial charge >= 0.3 is 0 Å². The number of aromatic amines is 1. The fraction of sp³-hybridized carbons (Fsp3) is 0.111. The van der Waals surface area contributed by atoms with E-state index in [1.807, 2.05) is 6.92 Å². The molecular weight excluding hydrogens is 323 g/mol. The van der Waals surface area contributed by atoms with Crippen LogP contribution in [0.15, 0.2) is 42.2 Å². The number of anilines is 1. The average Bonchev–Trinajstić information content (AvgIpc) is 3.09. The monoisotopic (exact) mass is 338 g/mol. The lowest BCUT2D eigenvalue weighted by molar-refractivity contribution is 0.410. The highest BCUT2D eigenvalue weighted by atomic mass is 19.1. The molecule has 6 nitrogen and oxygen atoms in total. The number of aryl methyl sites for hydroxylation is 1. The Labute approximate surface area is 142 Å². The van der Waals surface area contributed by atoms with Crippen LogP contribution in [0.25, 0.3) is 16.6 Å². The zero-order valence-electron chi connectivity index (χ0n) is 13.3. The molecular formula is C18H15FN4O2. The molecule has 0 bridgehead atoms. The molecule has 3 aromatic rings. The predicted octanol–water partition coefficient (Wildman–Crippen LogP) is 3.48. The molecule has 2 heterocycles. The molecule has 1 aliphatic rings. The van der Waals surface area contributed by atoms with E-state index < -0.39 is 5.82 Å². The van der Waals surface area contributed by atoms with Gasteiger partial charge in [0.15, 0.2) is 0 Å². The predicted molar refractivity (Wildman–Crippen MR) is 93.5 cm³/mol. The van der Waals surface area contributed by atoms with Crippen molar-refractivity contribution in [1.82, 2.24) is 9.97 Å². The van der Waals surface area contributed by atoms with Crippen molar-refractivity contribution >= 4 is 28.1 Å². The summed E-state index contributed by atoms with van der Waals surface area (Å²) in [5.74, 6) is -0.106. The first-order valence-electron chi connectivity index (χ1n) is 7.68. The first kappa shape index (κ1) is 15.2. The highest BCUT2D eigenvalue weighted by molar-refractivity contribution is 6.30. The Morgan fingerprint density at radius 1 is 1.20 bits per heavy atom. The van der Waals surface area contributed by atoms with Gasteiger partial charge in [-0.15, -0.1) is 0 Å². The highest BCUT2D eigenvalue weighted by Crippen LogP contribution is 2.35. The lowest BCUT2D eigenvalue weighted by Crippen LogP contribution is -2.26. The van der Waals surface area contributed by atoms with Crippen molar-refractivity contribution in [1.29, 1.82) is 5.41 Å². The molecule has 25 heavy (non-hydrogen) atoms. The first-order valence-corrected chi connectivity index (χ1v) is 7.68. The molecule has 1 aromatic heterocycles. The van der Waals surface area contributed by atoms with Gasteiger partial charge in [-0.05, 0) is 42.8 Å². The van der Waals surface area contributed by atoms with E-state index >= 15 is 0 Å². The van der Waals surface area contributed by atoms with E-state index in [1.165, 1.54) is 23.1 Å². The van der Waals surface area contributed by atoms with E-state index in [-0.39, 0.29) is 35.3 Å². The Morgan fingerprint density at radius 3 is 2.80 bits per heavy atom. The Balaban J connectivity index is 1.76. The Morgan fingerprint density at radius 2 is 2.00 bits per heavy atom. The van der Waals surface area contributed by atoms with E-state index in [9.17, 15) is 14.6 Å². The van der Waals surface area contributed by atoms with Gasteiger partial charge < -0.3 is 20.1 Å². The molecule has 2 aromatic carbocycles. The van der Waals surface area contributed by atoms with E-state index in [2.05, 4.69) is 9.97 Å². The SMILES string of the molecule is Cc1ccc(O)c(N2CC(O)=C(c3nc4ccc(F)cc4[nH]3)C2=N)c1. The number of aromatic hydroxyl groups is 1. The number of nitrogens with zero attached hydrogens (tertiary/aromatic N) is 2. The molecule has 126 valence electrons. The molecule has 0 atom stereocenters. The van der Waals surface area contributed by atoms with Crippen LogP contribution in [0, 0.1) is 18.2 Å². The molecule has 0 amide bonds. The van der Waals surface area contributed by atoms with Crippen molar-refractivity contribution in [3.8, 4) is 5.75 Å². The molecule has 0 radical (unpaired) electrons. The minimum atomic E-state index is -0.395. The maximum absolute atomic E-state index is 13.4. The zero-order chi connectivity index (χ0) is 17.7. The van der Waals surface area contributed by atoms with Gasteiger partial charge in [0.25, 0.3) is 0 Å². The van der Waals surface area contributed by atoms with Gasteiger partial charge in [-0.3, -0.25) is 5.41 Å². The average molecular weight is 338 g/mol. The second-order valence-electron chi connectivity index (χ2n) is 6.00. The number of hydrogen-bond donors (Lipinski definition) is 4. The number of imidazole rings is 1. The van der Waals surface area contributed by atoms with Crippen molar-refractivity contribution in [2.75, 3.05) is 11.4 Å². The summed E-state index contributed by atoms with van der Waals surface area (Å²) in [5.41, 5.74) is 2.63. The molecule has 0 spiro atoms. The van der Waals surface area contributed by atoms with E-state index in [0.29, 0.717) is 16.7 Å². The number of halogens is 1. The molecule has 0 aliphatic carbocycles. The van der Waals surface area contributed by atoms with Crippen LogP contribution in [0.1, 0.15) is 11.4 Å². The fourth-order valence-corrected chi connectivity index (χ4v) is 2.98. The molecule has 4 rings (SSSR count). The maximum atomic E-state index is 13.4. The lowest BCUT2D eigenvalue weighted by Gasteiger charge is -2.20. The zero-order valence-corrected chi connectivity index (χ0v) is 13.3. The number of H-pyrrole nitrogens is 1. The number of aliphatic hydroxyl groups is 1. The quantitative estimate of drug-likeness (QED) is 0.575. The summed E-state index contributed by atoms with van der Waals surface area (Å²) in [7, 11) is 0. The van der Waals surface area contributed by atoms with Crippen LogP contribution >= 0.6 is 0 Å². The fourth-order valence-electron chi connectivity index (χ4n) is 2.98. The summed E-state index contributed by atoms with van der Waals surface area (Å²) in [6.45, 7) is 1.93. The number of fused-ring (bicyclic) bond motifs is 1. The van der Waals surface area contributed by atoms with Gasteiger partial charge in [0.1, 0.15) is 29.0 Å². The summed E-state index contributed by atoms with van der Waals surface area (Å²) in [4.78, 5) is 8.77. The summed E-state index contributed by atoms with van der Waals surface area (Å²) in [6.07, 6.45) is 0. The van der Waals surface area contributed by atoms with Gasteiger partial charge in [-0.1, -0.05) is 6.07 Å². The largest absolute Gasteiger partial charge is 0.509 e. The second-order valence-corrected chi connectivity index (χ2v) is 6.00. The van der Waals surface area contributed by atoms with Crippen molar-refractivity contribution < 1.29 is 14.6 Å². The number of nitrogens with one attached hydrogen (secondary N) is 2. The van der Waals surface area contributed by atoms with Crippen molar-refractivity contribution in [3.63, 3.8) is 0 Å². The molecule has 0 fully saturated rings. The standard InChI is InChI=1S/C18H15FN4O2/c1-9-2-5-14(24)13(6-9)23-8-15(25)16(17(23)20)18-21-11-4-3-10(19)7-12(11)22-18/h2-7,20,24-25H,8H2,1H3,(H,21,22). The van der Waals surface area contributed by atoms with Gasteiger partial charge in [0.2, 0.25) is 0 Å². The van der Waals surface area contributed by atoms with Crippen molar-refractivity contribution in [2.24, 2.45) is 0 Å². The number of rotatable bonds is 2. The minimum absolute atomic E-state index is 0.0120. The Bertz CT molecular complexity index is 1050. The maximum Gasteiger partial charge on any atom is 0.145 e. The second kappa shape index (κ2) is 5.34. The highest BCUT2D eigenvalue weighted by Gasteiger charge is 2.32. The topological polar surface area (TPSA) is 96.2 Å². The number of phenolic OH excluding ortho intramolecular Hbond substituents is 1. The van der Waals surface area contributed by atoms with Crippen LogP contribution in [0.2, 0.25) is 0 Å². The third kappa shape index (κ3) is 2.40. The number of amidine groups is 1. The van der Waals surface area contributed by atoms with Gasteiger partial charge in [0.05, 0.1) is 28.8 Å². The summed E-state index contributed by atoms with van der Waals surface area (Å²) in [6, 6.07) is 9.21. The van der Waals surface area contributed by atoms with Crippen LogP contribution in [-0.4, -0.2) is 32.6 Å². The van der Waals surface area contributed by atoms with Crippen LogP contribution < -0.4 is 4.90 Å². The third-order valence-electron chi connectivity index (χ3n) is 4.21. The van der Waals surface area contributed by atoms with Crippen molar-refractivity contribution in [3.05, 3.63) is 59.4 Å². The number of hydrogen-bond acceptors (Lipinski definition) is 4. The number of aromatic nitrogens is 2. The van der Waals surface area contributed by atoms with E-state index in [1.54, 1.807) is 18.2 Å². The molecule has 7 heteroatoms. The first-order chi connectivity index (χ1) is 11.9. The van der Waals surface area contributed by atoms with Crippen LogP contribution in [-0.2, 0) is 0 Å². The normalized spacial score (nSPS) is 14.8. The smallest absolute Gasteiger partial charge is 0.145 e. The Kier molecular flexibility index (Phi) is 3.24. The lowest BCUT2D eigenvalue weighted by atomic mass is 10.2. The van der Waals surface area contributed by atoms with E-state index in [4.69, 9.17) is 5.41 Å². The van der Waals surface area contributed by atoms with Crippen LogP contribution in [0.4, 0.5) is 10.1 Å². The molecule has 0 saturated carbocycles. The van der Waals surface area contributed by atoms with Crippen LogP contribution in [0.5, 0.6) is 5.75 Å². The molecule has 0 saturated heterocycles. The molecule has 4 N–H and O–H groups in total. The van der Waals surface area contributed by atoms with Gasteiger partial charge in [-0.2, -0.15) is 0 Å². The number of phenols is 1. The third-order valence-corrected chi connectivity index (χ3v) is 4.21. The summed E-state index contributed by atoms with van der Waals surface area (Å²) >= 11 is 0. The Hall–Kier alpha value is -3.35. The minimum Gasteiger partial charge on any atom is -0.509 e. The number of aliphatic hydroxyl groups excluding tert-OH is 1.